The van der Waals surface area contributed by atoms with Crippen LogP contribution in [0.5, 0.6) is 0 Å². The van der Waals surface area contributed by atoms with Crippen LogP contribution in [-0.4, -0.2) is 52.3 Å². The maximum absolute atomic E-state index is 12.2. The molecule has 0 radical (unpaired) electrons. The van der Waals surface area contributed by atoms with Gasteiger partial charge in [-0.1, -0.05) is 29.0 Å². The van der Waals surface area contributed by atoms with E-state index >= 15 is 0 Å². The van der Waals surface area contributed by atoms with Gasteiger partial charge in [0.15, 0.2) is 0 Å². The zero-order chi connectivity index (χ0) is 18.7. The summed E-state index contributed by atoms with van der Waals surface area (Å²) in [5.74, 6) is 0.293. The van der Waals surface area contributed by atoms with Gasteiger partial charge in [0.25, 0.3) is 5.22 Å². The van der Waals surface area contributed by atoms with E-state index in [1.807, 2.05) is 26.0 Å². The van der Waals surface area contributed by atoms with Gasteiger partial charge in [0.1, 0.15) is 0 Å². The third-order valence-corrected chi connectivity index (χ3v) is 4.75. The van der Waals surface area contributed by atoms with Gasteiger partial charge >= 0.3 is 0 Å². The molecule has 1 fully saturated rings. The number of nitrogens with zero attached hydrogens (tertiary/aromatic N) is 3. The van der Waals surface area contributed by atoms with Crippen LogP contribution in [0.4, 0.5) is 0 Å². The van der Waals surface area contributed by atoms with Crippen molar-refractivity contribution in [1.82, 2.24) is 20.4 Å². The Bertz CT molecular complexity index is 796. The second kappa shape index (κ2) is 7.90. The lowest BCUT2D eigenvalue weighted by atomic mass is 10.1. The highest BCUT2D eigenvalue weighted by molar-refractivity contribution is 7.99. The number of benzene rings is 1. The number of hydrogen-bond acceptors (Lipinski definition) is 6. The third-order valence-electron chi connectivity index (χ3n) is 3.94. The molecule has 7 nitrogen and oxygen atoms in total. The first kappa shape index (κ1) is 18.4. The third kappa shape index (κ3) is 5.08. The summed E-state index contributed by atoms with van der Waals surface area (Å²) in [6, 6.07) is 6.32. The summed E-state index contributed by atoms with van der Waals surface area (Å²) in [7, 11) is 1.62. The van der Waals surface area contributed by atoms with E-state index in [2.05, 4.69) is 21.6 Å². The Balaban J connectivity index is 1.52. The van der Waals surface area contributed by atoms with Crippen LogP contribution in [0, 0.1) is 13.8 Å². The van der Waals surface area contributed by atoms with Crippen LogP contribution in [0.15, 0.2) is 27.8 Å². The number of thioether (sulfide) groups is 1. The van der Waals surface area contributed by atoms with Crippen LogP contribution < -0.4 is 5.32 Å². The van der Waals surface area contributed by atoms with Gasteiger partial charge in [0.2, 0.25) is 17.7 Å². The Kier molecular flexibility index (Phi) is 5.61. The number of carbonyl (C=O) groups is 2. The van der Waals surface area contributed by atoms with E-state index in [0.29, 0.717) is 17.2 Å². The van der Waals surface area contributed by atoms with Crippen molar-refractivity contribution in [2.75, 3.05) is 19.3 Å². The molecule has 0 saturated heterocycles. The van der Waals surface area contributed by atoms with E-state index in [4.69, 9.17) is 4.42 Å². The average molecular weight is 374 g/mol. The molecule has 1 heterocycles. The highest BCUT2D eigenvalue weighted by atomic mass is 32.2. The van der Waals surface area contributed by atoms with E-state index < -0.39 is 0 Å². The van der Waals surface area contributed by atoms with E-state index in [-0.39, 0.29) is 24.1 Å². The molecule has 0 bridgehead atoms. The molecular formula is C18H22N4O3S. The Labute approximate surface area is 156 Å². The van der Waals surface area contributed by atoms with Crippen LogP contribution in [0.25, 0.3) is 11.5 Å². The van der Waals surface area contributed by atoms with Crippen molar-refractivity contribution in [2.24, 2.45) is 0 Å². The Morgan fingerprint density at radius 1 is 1.23 bits per heavy atom. The van der Waals surface area contributed by atoms with E-state index in [0.717, 1.165) is 29.5 Å². The topological polar surface area (TPSA) is 88.3 Å². The van der Waals surface area contributed by atoms with Gasteiger partial charge in [-0.05, 0) is 38.8 Å². The normalized spacial score (nSPS) is 13.5. The maximum Gasteiger partial charge on any atom is 0.277 e. The molecule has 0 spiro atoms. The highest BCUT2D eigenvalue weighted by Gasteiger charge is 2.24. The SMILES string of the molecule is Cc1cc(C)cc(-c2nnc(SCC(=O)N(C)CC(=O)NC3CC3)o2)c1. The minimum Gasteiger partial charge on any atom is -0.411 e. The molecule has 26 heavy (non-hydrogen) atoms. The molecule has 138 valence electrons. The lowest BCUT2D eigenvalue weighted by Gasteiger charge is -2.15. The Hall–Kier alpha value is -2.35. The van der Waals surface area contributed by atoms with Gasteiger partial charge in [-0.3, -0.25) is 9.59 Å². The number of likely N-dealkylation sites (N-methyl/N-ethyl adjacent to an activating group) is 1. The van der Waals surface area contributed by atoms with Crippen LogP contribution in [-0.2, 0) is 9.59 Å². The number of aromatic nitrogens is 2. The van der Waals surface area contributed by atoms with Crippen LogP contribution in [0.3, 0.4) is 0 Å². The van der Waals surface area contributed by atoms with E-state index in [1.54, 1.807) is 7.05 Å². The molecule has 3 rings (SSSR count). The molecule has 1 aromatic heterocycles. The van der Waals surface area contributed by atoms with Crippen LogP contribution in [0.1, 0.15) is 24.0 Å². The van der Waals surface area contributed by atoms with Gasteiger partial charge in [-0.25, -0.2) is 0 Å². The zero-order valence-corrected chi connectivity index (χ0v) is 15.9. The molecule has 2 amide bonds. The summed E-state index contributed by atoms with van der Waals surface area (Å²) in [5, 5.41) is 11.2. The zero-order valence-electron chi connectivity index (χ0n) is 15.1. The van der Waals surface area contributed by atoms with Crippen molar-refractivity contribution >= 4 is 23.6 Å². The Morgan fingerprint density at radius 2 is 1.92 bits per heavy atom. The first-order chi connectivity index (χ1) is 12.4. The highest BCUT2D eigenvalue weighted by Crippen LogP contribution is 2.25. The molecule has 0 unspecified atom stereocenters. The van der Waals surface area contributed by atoms with E-state index in [1.165, 1.54) is 16.7 Å². The lowest BCUT2D eigenvalue weighted by molar-refractivity contribution is -0.132. The predicted octanol–water partition coefficient (Wildman–Crippen LogP) is 2.18. The van der Waals surface area contributed by atoms with Crippen molar-refractivity contribution < 1.29 is 14.0 Å². The number of nitrogens with one attached hydrogen (secondary N) is 1. The van der Waals surface area contributed by atoms with Crippen LogP contribution >= 0.6 is 11.8 Å². The fraction of sp³-hybridized carbons (Fsp3) is 0.444. The molecule has 1 aliphatic carbocycles. The van der Waals surface area contributed by atoms with Crippen molar-refractivity contribution in [3.05, 3.63) is 29.3 Å². The molecule has 8 heteroatoms. The van der Waals surface area contributed by atoms with Crippen molar-refractivity contribution in [3.63, 3.8) is 0 Å². The Morgan fingerprint density at radius 3 is 2.58 bits per heavy atom. The average Bonchev–Trinajstić information content (AvgIpc) is 3.24. The molecule has 0 aliphatic heterocycles. The standard InChI is InChI=1S/C18H22N4O3S/c1-11-6-12(2)8-13(7-11)17-20-21-18(25-17)26-10-16(24)22(3)9-15(23)19-14-4-5-14/h6-8,14H,4-5,9-10H2,1-3H3,(H,19,23). The van der Waals surface area contributed by atoms with Crippen molar-refractivity contribution in [1.29, 1.82) is 0 Å². The quantitative estimate of drug-likeness (QED) is 0.748. The number of amides is 2. The maximum atomic E-state index is 12.2. The monoisotopic (exact) mass is 374 g/mol. The molecule has 0 atom stereocenters. The first-order valence-electron chi connectivity index (χ1n) is 8.49. The number of hydrogen-bond donors (Lipinski definition) is 1. The smallest absolute Gasteiger partial charge is 0.277 e. The van der Waals surface area contributed by atoms with Gasteiger partial charge in [0.05, 0.1) is 12.3 Å². The molecule has 1 aliphatic rings. The summed E-state index contributed by atoms with van der Waals surface area (Å²) in [6.45, 7) is 4.08. The molecule has 1 saturated carbocycles. The van der Waals surface area contributed by atoms with Crippen molar-refractivity contribution in [3.8, 4) is 11.5 Å². The molecule has 1 aromatic carbocycles. The summed E-state index contributed by atoms with van der Waals surface area (Å²) < 4.78 is 5.64. The summed E-state index contributed by atoms with van der Waals surface area (Å²) in [4.78, 5) is 25.3. The summed E-state index contributed by atoms with van der Waals surface area (Å²) in [5.41, 5.74) is 3.10. The number of rotatable bonds is 7. The second-order valence-corrected chi connectivity index (χ2v) is 7.56. The minimum absolute atomic E-state index is 0.0630. The van der Waals surface area contributed by atoms with Crippen molar-refractivity contribution in [2.45, 2.75) is 38.0 Å². The largest absolute Gasteiger partial charge is 0.411 e. The second-order valence-electron chi connectivity index (χ2n) is 6.63. The van der Waals surface area contributed by atoms with Gasteiger partial charge in [-0.15, -0.1) is 10.2 Å². The fourth-order valence-electron chi connectivity index (χ4n) is 2.52. The molecule has 1 N–H and O–H groups in total. The number of aryl methyl sites for hydroxylation is 2. The summed E-state index contributed by atoms with van der Waals surface area (Å²) >= 11 is 1.17. The van der Waals surface area contributed by atoms with Gasteiger partial charge in [-0.2, -0.15) is 0 Å². The minimum atomic E-state index is -0.160. The summed E-state index contributed by atoms with van der Waals surface area (Å²) in [6.07, 6.45) is 2.05. The molecular weight excluding hydrogens is 352 g/mol. The first-order valence-corrected chi connectivity index (χ1v) is 9.47. The van der Waals surface area contributed by atoms with Gasteiger partial charge in [0, 0.05) is 18.7 Å². The predicted molar refractivity (Wildman–Crippen MR) is 98.7 cm³/mol. The molecule has 2 aromatic rings. The number of carbonyl (C=O) groups excluding carboxylic acids is 2. The van der Waals surface area contributed by atoms with Gasteiger partial charge < -0.3 is 14.6 Å². The fourth-order valence-corrected chi connectivity index (χ4v) is 3.22. The van der Waals surface area contributed by atoms with E-state index in [9.17, 15) is 9.59 Å². The van der Waals surface area contributed by atoms with Crippen LogP contribution in [0.2, 0.25) is 0 Å². The lowest BCUT2D eigenvalue weighted by Crippen LogP contribution is -2.39.